The molecule has 1 aliphatic rings. The van der Waals surface area contributed by atoms with E-state index in [0.717, 1.165) is 23.3 Å². The number of nitriles is 1. The van der Waals surface area contributed by atoms with Crippen molar-refractivity contribution in [1.29, 1.82) is 5.26 Å². The Labute approximate surface area is 385 Å². The molecule has 0 amide bonds. The average molecular weight is 865 g/mol. The predicted octanol–water partition coefficient (Wildman–Crippen LogP) is 17.0. The molecule has 1 aliphatic carbocycles. The third-order valence-corrected chi connectivity index (χ3v) is 14.9. The van der Waals surface area contributed by atoms with E-state index in [1.807, 2.05) is 24.3 Å². The highest BCUT2D eigenvalue weighted by molar-refractivity contribution is 7.18. The number of aliphatic carboxylic acids is 1. The van der Waals surface area contributed by atoms with E-state index in [-0.39, 0.29) is 21.8 Å². The lowest BCUT2D eigenvalue weighted by atomic mass is 9.70. The van der Waals surface area contributed by atoms with Crippen molar-refractivity contribution in [2.45, 2.75) is 136 Å². The van der Waals surface area contributed by atoms with Gasteiger partial charge in [0.1, 0.15) is 11.6 Å². The van der Waals surface area contributed by atoms with Crippen LogP contribution in [0.15, 0.2) is 115 Å². The number of thiophene rings is 1. The fourth-order valence-corrected chi connectivity index (χ4v) is 11.1. The molecular weight excluding hydrogens is 801 g/mol. The molecule has 4 nitrogen and oxygen atoms in total. The van der Waals surface area contributed by atoms with E-state index in [9.17, 15) is 15.2 Å². The number of nitrogens with zero attached hydrogens (tertiary/aromatic N) is 2. The van der Waals surface area contributed by atoms with E-state index in [2.05, 4.69) is 145 Å². The molecule has 0 radical (unpaired) electrons. The summed E-state index contributed by atoms with van der Waals surface area (Å²) in [4.78, 5) is 13.8. The Bertz CT molecular complexity index is 2840. The van der Waals surface area contributed by atoms with Crippen LogP contribution in [0.5, 0.6) is 0 Å². The van der Waals surface area contributed by atoms with E-state index < -0.39 is 5.97 Å². The Hall–Kier alpha value is -5.70. The van der Waals surface area contributed by atoms with Crippen LogP contribution in [0, 0.1) is 11.3 Å². The summed E-state index contributed by atoms with van der Waals surface area (Å²) in [5.74, 6) is -1.22. The van der Waals surface area contributed by atoms with Crippen LogP contribution in [-0.2, 0) is 21.0 Å². The molecule has 0 fully saturated rings. The Morgan fingerprint density at radius 3 is 1.67 bits per heavy atom. The lowest BCUT2D eigenvalue weighted by Crippen LogP contribution is -2.26. The number of carboxylic acid groups (broad SMARTS) is 1. The molecule has 1 N–H and O–H groups in total. The quantitative estimate of drug-likeness (QED) is 0.0634. The molecule has 2 heterocycles. The molecule has 0 bridgehead atoms. The number of carboxylic acids is 1. The minimum atomic E-state index is -1.22. The number of hydrogen-bond acceptors (Lipinski definition) is 3. The monoisotopic (exact) mass is 864 g/mol. The van der Waals surface area contributed by atoms with Gasteiger partial charge in [0.2, 0.25) is 0 Å². The van der Waals surface area contributed by atoms with Crippen molar-refractivity contribution in [3.05, 3.63) is 143 Å². The molecule has 0 atom stereocenters. The van der Waals surface area contributed by atoms with Crippen molar-refractivity contribution in [1.82, 2.24) is 4.57 Å². The summed E-state index contributed by atoms with van der Waals surface area (Å²) in [6.07, 6.45) is 13.5. The second kappa shape index (κ2) is 18.1. The Balaban J connectivity index is 1.26. The number of carbonyl (C=O) groups is 1. The van der Waals surface area contributed by atoms with E-state index in [4.69, 9.17) is 0 Å². The zero-order valence-corrected chi connectivity index (χ0v) is 40.0. The van der Waals surface area contributed by atoms with Gasteiger partial charge < -0.3 is 9.67 Å². The van der Waals surface area contributed by atoms with Gasteiger partial charge in [0.15, 0.2) is 0 Å². The zero-order chi connectivity index (χ0) is 45.4. The standard InChI is InChI=1S/C59H64N2O2S/c1-9-11-13-15-31-59(32-16-14-12-10-2)50-34-41(55-30-29-54(64-55)40-19-17-39(18-20-40)33-42(38-60)56(62)63)21-25-46(50)47-26-24-45(37-51(47)59)61-52-27-22-43(57(3,4)5)35-48(52)49-36-44(58(6,7)8)23-28-53(49)61/h17-30,33-37H,9-16,31-32H2,1-8H3,(H,62,63)/b42-33+. The first kappa shape index (κ1) is 44.9. The van der Waals surface area contributed by atoms with Crippen LogP contribution in [0.25, 0.3) is 65.6 Å². The van der Waals surface area contributed by atoms with Gasteiger partial charge in [-0.3, -0.25) is 0 Å². The minimum absolute atomic E-state index is 0.0419. The fourth-order valence-electron chi connectivity index (χ4n) is 10.1. The topological polar surface area (TPSA) is 66.0 Å². The first-order valence-corrected chi connectivity index (χ1v) is 24.4. The van der Waals surface area contributed by atoms with Crippen molar-refractivity contribution in [2.24, 2.45) is 0 Å². The van der Waals surface area contributed by atoms with Crippen molar-refractivity contribution in [2.75, 3.05) is 0 Å². The van der Waals surface area contributed by atoms with Crippen molar-refractivity contribution < 1.29 is 9.90 Å². The second-order valence-corrected chi connectivity index (χ2v) is 21.3. The number of hydrogen-bond donors (Lipinski definition) is 1. The van der Waals surface area contributed by atoms with Crippen LogP contribution in [0.3, 0.4) is 0 Å². The summed E-state index contributed by atoms with van der Waals surface area (Å²) < 4.78 is 2.54. The van der Waals surface area contributed by atoms with E-state index in [1.54, 1.807) is 17.4 Å². The normalized spacial score (nSPS) is 13.6. The number of unbranched alkanes of at least 4 members (excludes halogenated alkanes) is 6. The number of fused-ring (bicyclic) bond motifs is 6. The molecule has 5 aromatic carbocycles. The molecule has 2 aromatic heterocycles. The van der Waals surface area contributed by atoms with Crippen molar-refractivity contribution in [3.63, 3.8) is 0 Å². The molecule has 7 aromatic rings. The van der Waals surface area contributed by atoms with Crippen LogP contribution < -0.4 is 0 Å². The highest BCUT2D eigenvalue weighted by Crippen LogP contribution is 2.56. The summed E-state index contributed by atoms with van der Waals surface area (Å²) >= 11 is 1.79. The smallest absolute Gasteiger partial charge is 0.346 e. The Kier molecular flexibility index (Phi) is 12.7. The molecular formula is C59H64N2O2S. The lowest BCUT2D eigenvalue weighted by molar-refractivity contribution is -0.132. The second-order valence-electron chi connectivity index (χ2n) is 20.3. The number of benzene rings is 5. The molecule has 0 saturated carbocycles. The molecule has 0 spiro atoms. The SMILES string of the molecule is CCCCCCC1(CCCCCC)c2cc(-c3ccc(-c4ccc(/C=C(\C#N)C(=O)O)cc4)s3)ccc2-c2ccc(-n3c4ccc(C(C)(C)C)cc4c4cc(C(C)(C)C)ccc43)cc21. The van der Waals surface area contributed by atoms with E-state index >= 15 is 0 Å². The zero-order valence-electron chi connectivity index (χ0n) is 39.2. The van der Waals surface area contributed by atoms with Gasteiger partial charge in [-0.25, -0.2) is 4.79 Å². The molecule has 5 heteroatoms. The molecule has 8 rings (SSSR count). The molecule has 328 valence electrons. The predicted molar refractivity (Wildman–Crippen MR) is 272 cm³/mol. The third-order valence-electron chi connectivity index (χ3n) is 13.8. The molecule has 0 unspecified atom stereocenters. The van der Waals surface area contributed by atoms with Gasteiger partial charge in [-0.2, -0.15) is 5.26 Å². The third kappa shape index (κ3) is 8.62. The first-order chi connectivity index (χ1) is 30.7. The van der Waals surface area contributed by atoms with Crippen LogP contribution >= 0.6 is 11.3 Å². The van der Waals surface area contributed by atoms with Crippen LogP contribution in [0.2, 0.25) is 0 Å². The minimum Gasteiger partial charge on any atom is -0.477 e. The molecule has 64 heavy (non-hydrogen) atoms. The Morgan fingerprint density at radius 1 is 0.641 bits per heavy atom. The fraction of sp³-hybridized carbons (Fsp3) is 0.356. The highest BCUT2D eigenvalue weighted by atomic mass is 32.1. The van der Waals surface area contributed by atoms with Gasteiger partial charge in [0.05, 0.1) is 11.0 Å². The van der Waals surface area contributed by atoms with E-state index in [0.29, 0.717) is 5.56 Å². The van der Waals surface area contributed by atoms with E-state index in [1.165, 1.54) is 129 Å². The van der Waals surface area contributed by atoms with Crippen LogP contribution in [0.4, 0.5) is 0 Å². The number of aromatic nitrogens is 1. The van der Waals surface area contributed by atoms with Gasteiger partial charge >= 0.3 is 5.97 Å². The highest BCUT2D eigenvalue weighted by Gasteiger charge is 2.43. The van der Waals surface area contributed by atoms with Gasteiger partial charge in [0, 0.05) is 31.6 Å². The maximum absolute atomic E-state index is 11.4. The summed E-state index contributed by atoms with van der Waals surface area (Å²) in [6, 6.07) is 43.0. The summed E-state index contributed by atoms with van der Waals surface area (Å²) in [6.45, 7) is 18.5. The largest absolute Gasteiger partial charge is 0.477 e. The average Bonchev–Trinajstić information content (AvgIpc) is 3.97. The molecule has 0 saturated heterocycles. The van der Waals surface area contributed by atoms with Gasteiger partial charge in [-0.1, -0.05) is 161 Å². The van der Waals surface area contributed by atoms with Crippen LogP contribution in [0.1, 0.15) is 147 Å². The Morgan fingerprint density at radius 2 is 1.16 bits per heavy atom. The van der Waals surface area contributed by atoms with Crippen molar-refractivity contribution >= 4 is 45.2 Å². The first-order valence-electron chi connectivity index (χ1n) is 23.6. The summed E-state index contributed by atoms with van der Waals surface area (Å²) in [7, 11) is 0. The van der Waals surface area contributed by atoms with Gasteiger partial charge in [0.25, 0.3) is 0 Å². The van der Waals surface area contributed by atoms with Gasteiger partial charge in [-0.15, -0.1) is 11.3 Å². The maximum Gasteiger partial charge on any atom is 0.346 e. The summed E-state index contributed by atoms with van der Waals surface area (Å²) in [5.41, 5.74) is 14.9. The maximum atomic E-state index is 11.4. The van der Waals surface area contributed by atoms with Crippen LogP contribution in [-0.4, -0.2) is 15.6 Å². The lowest BCUT2D eigenvalue weighted by Gasteiger charge is -2.33. The molecule has 0 aliphatic heterocycles. The van der Waals surface area contributed by atoms with Crippen molar-refractivity contribution in [3.8, 4) is 43.8 Å². The number of rotatable bonds is 15. The van der Waals surface area contributed by atoms with Gasteiger partial charge in [-0.05, 0) is 134 Å². The summed E-state index contributed by atoms with van der Waals surface area (Å²) in [5, 5.41) is 21.2.